The van der Waals surface area contributed by atoms with Gasteiger partial charge in [-0.15, -0.1) is 0 Å². The Labute approximate surface area is 162 Å². The van der Waals surface area contributed by atoms with Crippen LogP contribution in [0.25, 0.3) is 22.1 Å². The molecule has 0 amide bonds. The Morgan fingerprint density at radius 3 is 2.86 bits per heavy atom. The molecule has 146 valence electrons. The SMILES string of the molecule is Cc1noc(C)c1Cn1c(=O)n([C@H]2CCCC[C@H]2C)c2c3cc[nH]c3ncc21. The minimum Gasteiger partial charge on any atom is -0.361 e. The van der Waals surface area contributed by atoms with E-state index in [0.29, 0.717) is 12.5 Å². The van der Waals surface area contributed by atoms with Gasteiger partial charge in [-0.2, -0.15) is 0 Å². The van der Waals surface area contributed by atoms with Crippen LogP contribution in [0.15, 0.2) is 27.8 Å². The van der Waals surface area contributed by atoms with Crippen LogP contribution in [-0.2, 0) is 6.54 Å². The first-order valence-electron chi connectivity index (χ1n) is 10.0. The Kier molecular flexibility index (Phi) is 3.92. The van der Waals surface area contributed by atoms with Gasteiger partial charge in [-0.1, -0.05) is 24.9 Å². The summed E-state index contributed by atoms with van der Waals surface area (Å²) in [4.78, 5) is 21.4. The third kappa shape index (κ3) is 2.45. The van der Waals surface area contributed by atoms with Crippen molar-refractivity contribution < 1.29 is 4.52 Å². The van der Waals surface area contributed by atoms with Gasteiger partial charge in [0.05, 0.1) is 29.5 Å². The highest BCUT2D eigenvalue weighted by Crippen LogP contribution is 2.36. The molecule has 2 atom stereocenters. The zero-order valence-electron chi connectivity index (χ0n) is 16.5. The van der Waals surface area contributed by atoms with Gasteiger partial charge in [0, 0.05) is 23.2 Å². The number of rotatable bonds is 3. The molecule has 0 saturated heterocycles. The smallest absolute Gasteiger partial charge is 0.329 e. The maximum Gasteiger partial charge on any atom is 0.329 e. The summed E-state index contributed by atoms with van der Waals surface area (Å²) in [5.74, 6) is 1.23. The molecule has 1 saturated carbocycles. The quantitative estimate of drug-likeness (QED) is 0.581. The summed E-state index contributed by atoms with van der Waals surface area (Å²) >= 11 is 0. The summed E-state index contributed by atoms with van der Waals surface area (Å²) in [7, 11) is 0. The van der Waals surface area contributed by atoms with E-state index in [9.17, 15) is 4.79 Å². The average molecular weight is 379 g/mol. The number of nitrogens with zero attached hydrogens (tertiary/aromatic N) is 4. The van der Waals surface area contributed by atoms with Crippen LogP contribution in [0, 0.1) is 19.8 Å². The van der Waals surface area contributed by atoms with Crippen molar-refractivity contribution in [3.05, 3.63) is 46.0 Å². The lowest BCUT2D eigenvalue weighted by Gasteiger charge is -2.29. The van der Waals surface area contributed by atoms with Crippen LogP contribution >= 0.6 is 0 Å². The minimum absolute atomic E-state index is 0.0317. The zero-order valence-corrected chi connectivity index (χ0v) is 16.5. The van der Waals surface area contributed by atoms with Gasteiger partial charge < -0.3 is 9.51 Å². The van der Waals surface area contributed by atoms with Crippen LogP contribution in [0.3, 0.4) is 0 Å². The summed E-state index contributed by atoms with van der Waals surface area (Å²) in [6.07, 6.45) is 8.32. The average Bonchev–Trinajstić information content (AvgIpc) is 3.35. The number of imidazole rings is 1. The second-order valence-corrected chi connectivity index (χ2v) is 8.10. The minimum atomic E-state index is 0.0317. The van der Waals surface area contributed by atoms with Crippen molar-refractivity contribution >= 4 is 22.1 Å². The van der Waals surface area contributed by atoms with Crippen molar-refractivity contribution in [3.8, 4) is 0 Å². The molecule has 1 aliphatic rings. The van der Waals surface area contributed by atoms with E-state index in [0.717, 1.165) is 51.9 Å². The maximum atomic E-state index is 13.7. The molecule has 5 rings (SSSR count). The van der Waals surface area contributed by atoms with E-state index in [1.165, 1.54) is 12.8 Å². The molecule has 7 nitrogen and oxygen atoms in total. The van der Waals surface area contributed by atoms with Crippen molar-refractivity contribution in [3.63, 3.8) is 0 Å². The molecule has 4 heterocycles. The fraction of sp³-hybridized carbons (Fsp3) is 0.476. The summed E-state index contributed by atoms with van der Waals surface area (Å²) in [6.45, 7) is 6.53. The first-order chi connectivity index (χ1) is 13.6. The van der Waals surface area contributed by atoms with Crippen molar-refractivity contribution in [2.24, 2.45) is 5.92 Å². The maximum absolute atomic E-state index is 13.7. The predicted molar refractivity (Wildman–Crippen MR) is 108 cm³/mol. The molecule has 0 spiro atoms. The Morgan fingerprint density at radius 2 is 2.11 bits per heavy atom. The van der Waals surface area contributed by atoms with Crippen molar-refractivity contribution in [2.45, 2.75) is 59.0 Å². The number of fused-ring (bicyclic) bond motifs is 3. The Morgan fingerprint density at radius 1 is 1.29 bits per heavy atom. The molecule has 0 aliphatic heterocycles. The molecule has 1 N–H and O–H groups in total. The van der Waals surface area contributed by atoms with Crippen molar-refractivity contribution in [1.29, 1.82) is 0 Å². The Balaban J connectivity index is 1.79. The van der Waals surface area contributed by atoms with E-state index in [1.807, 2.05) is 41.4 Å². The van der Waals surface area contributed by atoms with E-state index in [-0.39, 0.29) is 11.7 Å². The molecular formula is C21H25N5O2. The van der Waals surface area contributed by atoms with E-state index in [2.05, 4.69) is 22.0 Å². The van der Waals surface area contributed by atoms with Crippen LogP contribution in [0.1, 0.15) is 55.7 Å². The highest BCUT2D eigenvalue weighted by molar-refractivity contribution is 6.01. The number of hydrogen-bond donors (Lipinski definition) is 1. The monoisotopic (exact) mass is 379 g/mol. The first kappa shape index (κ1) is 17.3. The lowest BCUT2D eigenvalue weighted by Crippen LogP contribution is -2.32. The number of pyridine rings is 1. The molecule has 0 aromatic carbocycles. The largest absolute Gasteiger partial charge is 0.361 e. The summed E-state index contributed by atoms with van der Waals surface area (Å²) in [6, 6.07) is 2.24. The predicted octanol–water partition coefficient (Wildman–Crippen LogP) is 4.08. The van der Waals surface area contributed by atoms with Gasteiger partial charge >= 0.3 is 5.69 Å². The van der Waals surface area contributed by atoms with Crippen LogP contribution in [0.4, 0.5) is 0 Å². The fourth-order valence-electron chi connectivity index (χ4n) is 4.79. The van der Waals surface area contributed by atoms with Gasteiger partial charge in [0.15, 0.2) is 0 Å². The third-order valence-corrected chi connectivity index (χ3v) is 6.40. The summed E-state index contributed by atoms with van der Waals surface area (Å²) < 4.78 is 9.20. The number of nitrogens with one attached hydrogen (secondary N) is 1. The molecule has 0 radical (unpaired) electrons. The lowest BCUT2D eigenvalue weighted by atomic mass is 9.85. The Bertz CT molecular complexity index is 1210. The second-order valence-electron chi connectivity index (χ2n) is 8.10. The van der Waals surface area contributed by atoms with Gasteiger partial charge in [0.1, 0.15) is 11.4 Å². The number of H-pyrrole nitrogens is 1. The van der Waals surface area contributed by atoms with Crippen molar-refractivity contribution in [2.75, 3.05) is 0 Å². The summed E-state index contributed by atoms with van der Waals surface area (Å²) in [5.41, 5.74) is 4.50. The first-order valence-corrected chi connectivity index (χ1v) is 10.0. The number of aromatic amines is 1. The molecule has 0 bridgehead atoms. The van der Waals surface area contributed by atoms with Gasteiger partial charge in [0.2, 0.25) is 0 Å². The molecule has 4 aromatic heterocycles. The fourth-order valence-corrected chi connectivity index (χ4v) is 4.79. The molecule has 4 aromatic rings. The third-order valence-electron chi connectivity index (χ3n) is 6.40. The van der Waals surface area contributed by atoms with E-state index >= 15 is 0 Å². The van der Waals surface area contributed by atoms with E-state index in [1.54, 1.807) is 0 Å². The molecule has 7 heteroatoms. The second kappa shape index (κ2) is 6.36. The zero-order chi connectivity index (χ0) is 19.4. The molecule has 28 heavy (non-hydrogen) atoms. The van der Waals surface area contributed by atoms with Gasteiger partial charge in [-0.25, -0.2) is 9.78 Å². The normalized spacial score (nSPS) is 20.4. The van der Waals surface area contributed by atoms with Gasteiger partial charge in [-0.05, 0) is 38.7 Å². The molecular weight excluding hydrogens is 354 g/mol. The lowest BCUT2D eigenvalue weighted by molar-refractivity contribution is 0.256. The van der Waals surface area contributed by atoms with Gasteiger partial charge in [0.25, 0.3) is 0 Å². The highest BCUT2D eigenvalue weighted by atomic mass is 16.5. The topological polar surface area (TPSA) is 81.6 Å². The van der Waals surface area contributed by atoms with Crippen LogP contribution < -0.4 is 5.69 Å². The van der Waals surface area contributed by atoms with E-state index < -0.39 is 0 Å². The Hall–Kier alpha value is -2.83. The molecule has 0 unspecified atom stereocenters. The van der Waals surface area contributed by atoms with Crippen LogP contribution in [0.5, 0.6) is 0 Å². The van der Waals surface area contributed by atoms with Crippen LogP contribution in [0.2, 0.25) is 0 Å². The molecule has 1 fully saturated rings. The number of aromatic nitrogens is 5. The number of hydrogen-bond acceptors (Lipinski definition) is 4. The summed E-state index contributed by atoms with van der Waals surface area (Å²) in [5, 5.41) is 5.06. The molecule has 1 aliphatic carbocycles. The van der Waals surface area contributed by atoms with Crippen molar-refractivity contribution in [1.82, 2.24) is 24.3 Å². The standard InChI is InChI=1S/C21H25N5O2/c1-12-6-4-5-7-17(12)26-19-15-8-9-22-20(15)23-10-18(19)25(21(26)27)11-16-13(2)24-28-14(16)3/h8-10,12,17H,4-7,11H2,1-3H3,(H,22,23)/t12-,17+/m1/s1. The van der Waals surface area contributed by atoms with Gasteiger partial charge in [-0.3, -0.25) is 9.13 Å². The highest BCUT2D eigenvalue weighted by Gasteiger charge is 2.29. The van der Waals surface area contributed by atoms with Crippen LogP contribution in [-0.4, -0.2) is 24.3 Å². The van der Waals surface area contributed by atoms with E-state index in [4.69, 9.17) is 4.52 Å². The number of aryl methyl sites for hydroxylation is 2.